The van der Waals surface area contributed by atoms with Crippen molar-refractivity contribution in [2.24, 2.45) is 5.41 Å². The Balaban J connectivity index is 3.11. The van der Waals surface area contributed by atoms with E-state index in [9.17, 15) is 22.0 Å². The van der Waals surface area contributed by atoms with E-state index < -0.39 is 40.3 Å². The first-order valence-corrected chi connectivity index (χ1v) is 6.71. The van der Waals surface area contributed by atoms with Gasteiger partial charge in [-0.1, -0.05) is 13.8 Å². The highest BCUT2D eigenvalue weighted by molar-refractivity contribution is 7.80. The predicted octanol–water partition coefficient (Wildman–Crippen LogP) is 4.50. The molecule has 0 spiro atoms. The van der Waals surface area contributed by atoms with Crippen molar-refractivity contribution in [1.82, 2.24) is 0 Å². The summed E-state index contributed by atoms with van der Waals surface area (Å²) in [6, 6.07) is 0. The Morgan fingerprint density at radius 2 is 1.25 bits per heavy atom. The summed E-state index contributed by atoms with van der Waals surface area (Å²) in [6.45, 7) is 3.49. The second-order valence-electron chi connectivity index (χ2n) is 4.55. The van der Waals surface area contributed by atoms with Crippen LogP contribution in [0.5, 0.6) is 5.75 Å². The van der Waals surface area contributed by atoms with Crippen LogP contribution in [-0.4, -0.2) is 12.4 Å². The summed E-state index contributed by atoms with van der Waals surface area (Å²) in [5, 5.41) is 0. The van der Waals surface area contributed by atoms with Crippen LogP contribution in [0.15, 0.2) is 0 Å². The number of ether oxygens (including phenoxy) is 1. The van der Waals surface area contributed by atoms with Crippen molar-refractivity contribution < 1.29 is 26.7 Å². The maximum absolute atomic E-state index is 13.4. The second kappa shape index (κ2) is 6.65. The smallest absolute Gasteiger partial charge is 0.206 e. The third-order valence-electron chi connectivity index (χ3n) is 3.53. The van der Waals surface area contributed by atoms with Crippen molar-refractivity contribution in [2.45, 2.75) is 26.7 Å². The Kier molecular flexibility index (Phi) is 5.68. The van der Waals surface area contributed by atoms with Crippen molar-refractivity contribution in [3.63, 3.8) is 0 Å². The molecule has 0 fully saturated rings. The first-order valence-electron chi connectivity index (χ1n) is 6.08. The number of hydrogen-bond donors (Lipinski definition) is 1. The Labute approximate surface area is 119 Å². The van der Waals surface area contributed by atoms with Crippen LogP contribution in [0.25, 0.3) is 0 Å². The summed E-state index contributed by atoms with van der Waals surface area (Å²) in [5.41, 5.74) is -0.483. The molecule has 0 radical (unpaired) electrons. The third kappa shape index (κ3) is 3.02. The van der Waals surface area contributed by atoms with Gasteiger partial charge in [-0.05, 0) is 18.6 Å². The van der Waals surface area contributed by atoms with Gasteiger partial charge < -0.3 is 4.74 Å². The SMILES string of the molecule is CCC(CC)(CS)COc1c(F)c(F)c(F)c(F)c1F. The fraction of sp³-hybridized carbons (Fsp3) is 0.538. The number of rotatable bonds is 6. The summed E-state index contributed by atoms with van der Waals surface area (Å²) in [5.74, 6) is -11.0. The van der Waals surface area contributed by atoms with Gasteiger partial charge in [-0.2, -0.15) is 21.4 Å². The molecule has 0 saturated heterocycles. The summed E-state index contributed by atoms with van der Waals surface area (Å²) in [4.78, 5) is 0. The van der Waals surface area contributed by atoms with E-state index in [1.165, 1.54) is 0 Å². The number of halogens is 5. The number of thiol groups is 1. The molecule has 1 nitrogen and oxygen atoms in total. The molecule has 1 aromatic rings. The highest BCUT2D eigenvalue weighted by Gasteiger charge is 2.30. The van der Waals surface area contributed by atoms with Crippen LogP contribution in [0.2, 0.25) is 0 Å². The second-order valence-corrected chi connectivity index (χ2v) is 4.87. The molecule has 20 heavy (non-hydrogen) atoms. The van der Waals surface area contributed by atoms with Crippen LogP contribution in [0, 0.1) is 34.5 Å². The molecule has 0 atom stereocenters. The zero-order valence-electron chi connectivity index (χ0n) is 11.1. The van der Waals surface area contributed by atoms with E-state index in [0.717, 1.165) is 0 Å². The fourth-order valence-electron chi connectivity index (χ4n) is 1.66. The monoisotopic (exact) mass is 314 g/mol. The average molecular weight is 314 g/mol. The molecule has 1 rings (SSSR count). The van der Waals surface area contributed by atoms with Crippen LogP contribution in [0.1, 0.15) is 26.7 Å². The molecule has 0 saturated carbocycles. The lowest BCUT2D eigenvalue weighted by Gasteiger charge is -2.29. The molecule has 0 unspecified atom stereocenters. The van der Waals surface area contributed by atoms with E-state index in [-0.39, 0.29) is 6.61 Å². The molecule has 7 heteroatoms. The molecular weight excluding hydrogens is 299 g/mol. The standard InChI is InChI=1S/C13H15F5OS/c1-3-13(4-2,6-20)5-19-12-10(17)8(15)7(14)9(16)11(12)18/h20H,3-6H2,1-2H3. The van der Waals surface area contributed by atoms with Gasteiger partial charge in [0, 0.05) is 5.41 Å². The summed E-state index contributed by atoms with van der Waals surface area (Å²) in [7, 11) is 0. The molecule has 0 bridgehead atoms. The van der Waals surface area contributed by atoms with Gasteiger partial charge in [0.2, 0.25) is 29.1 Å². The Morgan fingerprint density at radius 1 is 0.850 bits per heavy atom. The molecule has 0 heterocycles. The fourth-order valence-corrected chi connectivity index (χ4v) is 2.20. The zero-order chi connectivity index (χ0) is 15.5. The molecule has 0 amide bonds. The summed E-state index contributed by atoms with van der Waals surface area (Å²) < 4.78 is 70.6. The van der Waals surface area contributed by atoms with Gasteiger partial charge in [0.1, 0.15) is 0 Å². The highest BCUT2D eigenvalue weighted by Crippen LogP contribution is 2.33. The molecule has 0 aliphatic carbocycles. The summed E-state index contributed by atoms with van der Waals surface area (Å²) in [6.07, 6.45) is 1.20. The van der Waals surface area contributed by atoms with Crippen molar-refractivity contribution in [2.75, 3.05) is 12.4 Å². The topological polar surface area (TPSA) is 9.23 Å². The lowest BCUT2D eigenvalue weighted by Crippen LogP contribution is -2.30. The van der Waals surface area contributed by atoms with E-state index in [2.05, 4.69) is 12.6 Å². The van der Waals surface area contributed by atoms with Crippen molar-refractivity contribution >= 4 is 12.6 Å². The molecule has 0 aliphatic rings. The number of hydrogen-bond acceptors (Lipinski definition) is 2. The molecule has 0 aromatic heterocycles. The molecular formula is C13H15F5OS. The van der Waals surface area contributed by atoms with E-state index >= 15 is 0 Å². The van der Waals surface area contributed by atoms with Crippen molar-refractivity contribution in [3.05, 3.63) is 29.1 Å². The quantitative estimate of drug-likeness (QED) is 0.352. The van der Waals surface area contributed by atoms with Crippen molar-refractivity contribution in [3.8, 4) is 5.75 Å². The van der Waals surface area contributed by atoms with Crippen molar-refractivity contribution in [1.29, 1.82) is 0 Å². The Bertz CT molecular complexity index is 451. The Hall–Kier alpha value is -0.980. The first-order chi connectivity index (χ1) is 9.33. The Morgan fingerprint density at radius 3 is 1.60 bits per heavy atom. The molecule has 1 aromatic carbocycles. The molecule has 0 aliphatic heterocycles. The largest absolute Gasteiger partial charge is 0.487 e. The van der Waals surface area contributed by atoms with Crippen LogP contribution in [-0.2, 0) is 0 Å². The molecule has 0 N–H and O–H groups in total. The molecule has 114 valence electrons. The van der Waals surface area contributed by atoms with Gasteiger partial charge in [0.05, 0.1) is 6.61 Å². The van der Waals surface area contributed by atoms with Gasteiger partial charge in [-0.3, -0.25) is 0 Å². The van der Waals surface area contributed by atoms with Crippen LogP contribution in [0.3, 0.4) is 0 Å². The predicted molar refractivity (Wildman–Crippen MR) is 68.6 cm³/mol. The van der Waals surface area contributed by atoms with E-state index in [1.54, 1.807) is 0 Å². The minimum absolute atomic E-state index is 0.179. The number of benzene rings is 1. The lowest BCUT2D eigenvalue weighted by atomic mass is 9.85. The van der Waals surface area contributed by atoms with Crippen LogP contribution < -0.4 is 4.74 Å². The van der Waals surface area contributed by atoms with Gasteiger partial charge in [-0.15, -0.1) is 0 Å². The lowest BCUT2D eigenvalue weighted by molar-refractivity contribution is 0.143. The van der Waals surface area contributed by atoms with Crippen LogP contribution >= 0.6 is 12.6 Å². The minimum Gasteiger partial charge on any atom is -0.487 e. The van der Waals surface area contributed by atoms with E-state index in [0.29, 0.717) is 18.6 Å². The van der Waals surface area contributed by atoms with Gasteiger partial charge in [0.15, 0.2) is 5.75 Å². The zero-order valence-corrected chi connectivity index (χ0v) is 12.0. The average Bonchev–Trinajstić information content (AvgIpc) is 2.47. The van der Waals surface area contributed by atoms with Crippen LogP contribution in [0.4, 0.5) is 22.0 Å². The highest BCUT2D eigenvalue weighted by atomic mass is 32.1. The van der Waals surface area contributed by atoms with E-state index in [1.807, 2.05) is 13.8 Å². The van der Waals surface area contributed by atoms with Gasteiger partial charge >= 0.3 is 0 Å². The summed E-state index contributed by atoms with van der Waals surface area (Å²) >= 11 is 4.14. The van der Waals surface area contributed by atoms with E-state index in [4.69, 9.17) is 4.74 Å². The normalized spacial score (nSPS) is 11.8. The van der Waals surface area contributed by atoms with Gasteiger partial charge in [0.25, 0.3) is 0 Å². The maximum Gasteiger partial charge on any atom is 0.206 e. The minimum atomic E-state index is -2.20. The van der Waals surface area contributed by atoms with Gasteiger partial charge in [-0.25, -0.2) is 13.2 Å². The maximum atomic E-state index is 13.4. The first kappa shape index (κ1) is 17.1. The third-order valence-corrected chi connectivity index (χ3v) is 4.20.